The molecular formula is C111H94N4+4. The summed E-state index contributed by atoms with van der Waals surface area (Å²) < 4.78 is 8.33. The predicted octanol–water partition coefficient (Wildman–Crippen LogP) is 24.5. The van der Waals surface area contributed by atoms with Gasteiger partial charge < -0.3 is 0 Å². The molecule has 0 bridgehead atoms. The van der Waals surface area contributed by atoms with Gasteiger partial charge in [0.2, 0.25) is 0 Å². The fraction of sp³-hybridized carbons (Fsp3) is 0.0991. The van der Waals surface area contributed by atoms with Gasteiger partial charge in [-0.25, -0.2) is 18.3 Å². The molecule has 0 aliphatic rings. The van der Waals surface area contributed by atoms with Crippen LogP contribution in [0.4, 0.5) is 0 Å². The number of aromatic nitrogens is 4. The normalized spacial score (nSPS) is 10.3. The van der Waals surface area contributed by atoms with E-state index in [2.05, 4.69) is 466 Å². The maximum atomic E-state index is 3.18. The quantitative estimate of drug-likeness (QED) is 0.0856. The Morgan fingerprint density at radius 2 is 0.330 bits per heavy atom. The maximum Gasteiger partial charge on any atom is 0.176 e. The maximum absolute atomic E-state index is 3.18. The van der Waals surface area contributed by atoms with Gasteiger partial charge in [0.25, 0.3) is 0 Å². The largest absolute Gasteiger partial charge is 0.207 e. The number of benzene rings is 12. The summed E-state index contributed by atoms with van der Waals surface area (Å²) in [6, 6.07) is 115. The Labute approximate surface area is 681 Å². The van der Waals surface area contributed by atoms with Crippen LogP contribution in [0.15, 0.2) is 371 Å². The highest BCUT2D eigenvalue weighted by Crippen LogP contribution is 2.36. The lowest BCUT2D eigenvalue weighted by Crippen LogP contribution is -2.26. The van der Waals surface area contributed by atoms with E-state index >= 15 is 0 Å². The average molecular weight is 1480 g/mol. The number of hydrogen-bond donors (Lipinski definition) is 0. The van der Waals surface area contributed by atoms with Crippen molar-refractivity contribution in [2.75, 3.05) is 0 Å². The third-order valence-electron chi connectivity index (χ3n) is 19.8. The molecule has 0 aliphatic carbocycles. The van der Waals surface area contributed by atoms with Crippen molar-refractivity contribution in [2.24, 2.45) is 28.2 Å². The van der Waals surface area contributed by atoms with E-state index in [0.29, 0.717) is 0 Å². The lowest BCUT2D eigenvalue weighted by molar-refractivity contribution is -0.671. The molecule has 4 aromatic heterocycles. The molecule has 16 rings (SSSR count). The molecule has 4 nitrogen and oxygen atoms in total. The van der Waals surface area contributed by atoms with Gasteiger partial charge in [0, 0.05) is 68.8 Å². The van der Waals surface area contributed by atoms with Crippen LogP contribution >= 0.6 is 0 Å². The van der Waals surface area contributed by atoms with E-state index in [1.54, 1.807) is 0 Å². The molecule has 4 heterocycles. The molecular weight excluding hydrogens is 1390 g/mol. The van der Waals surface area contributed by atoms with E-state index in [4.69, 9.17) is 0 Å². The molecule has 0 amide bonds. The third kappa shape index (κ3) is 21.1. The second-order valence-electron chi connectivity index (χ2n) is 29.0. The SMILES string of the molecule is CC#Cc1cc(C)cc(-c2cccc(-c3cccc(-c4ccc[n+](C)c4)c3)c2)c1.CC#Cc1cccc(-c2cc(C)cc(-c3cccc(-c4ccc[n+](C)c4)c3)c2)c1.CC#Cc1cccc(-c2cccc(-c3cc(C)cc(-c4ccc[n+](C)c4)c3)c2)c1.CC#Cc1cccc(-c2cccc(-c3cccc(-c4ccc[n+](C)c4)c3)c2)c1. The van der Waals surface area contributed by atoms with Crippen LogP contribution in [0.5, 0.6) is 0 Å². The molecule has 0 atom stereocenters. The third-order valence-corrected chi connectivity index (χ3v) is 19.8. The van der Waals surface area contributed by atoms with Crippen molar-refractivity contribution < 1.29 is 18.3 Å². The molecule has 0 saturated carbocycles. The molecule has 0 aliphatic heterocycles. The van der Waals surface area contributed by atoms with E-state index in [9.17, 15) is 0 Å². The minimum atomic E-state index is 1.05. The summed E-state index contributed by atoms with van der Waals surface area (Å²) in [5.41, 5.74) is 37.1. The van der Waals surface area contributed by atoms with Crippen LogP contribution < -0.4 is 18.3 Å². The summed E-state index contributed by atoms with van der Waals surface area (Å²) in [5, 5.41) is 0. The van der Waals surface area contributed by atoms with Crippen LogP contribution in [0.2, 0.25) is 0 Å². The zero-order chi connectivity index (χ0) is 80.0. The Morgan fingerprint density at radius 1 is 0.165 bits per heavy atom. The van der Waals surface area contributed by atoms with Crippen LogP contribution in [0.1, 0.15) is 66.6 Å². The van der Waals surface area contributed by atoms with Crippen LogP contribution in [-0.4, -0.2) is 0 Å². The zero-order valence-electron chi connectivity index (χ0n) is 67.5. The minimum Gasteiger partial charge on any atom is -0.207 e. The first-order valence-electron chi connectivity index (χ1n) is 38.9. The van der Waals surface area contributed by atoms with Crippen molar-refractivity contribution in [3.63, 3.8) is 0 Å². The Morgan fingerprint density at radius 3 is 0.591 bits per heavy atom. The Bertz CT molecular complexity index is 6480. The Hall–Kier alpha value is -14.5. The van der Waals surface area contributed by atoms with E-state index in [-0.39, 0.29) is 0 Å². The molecule has 115 heavy (non-hydrogen) atoms. The first-order chi connectivity index (χ1) is 56.1. The lowest BCUT2D eigenvalue weighted by Gasteiger charge is -2.10. The van der Waals surface area contributed by atoms with Crippen LogP contribution in [0.3, 0.4) is 0 Å². The van der Waals surface area contributed by atoms with Gasteiger partial charge in [-0.15, -0.1) is 23.7 Å². The zero-order valence-corrected chi connectivity index (χ0v) is 67.5. The fourth-order valence-corrected chi connectivity index (χ4v) is 14.5. The first-order valence-corrected chi connectivity index (χ1v) is 38.9. The number of hydrogen-bond acceptors (Lipinski definition) is 0. The molecule has 0 radical (unpaired) electrons. The molecule has 0 saturated heterocycles. The molecule has 0 unspecified atom stereocenters. The molecule has 0 fully saturated rings. The van der Waals surface area contributed by atoms with E-state index < -0.39 is 0 Å². The lowest BCUT2D eigenvalue weighted by atomic mass is 9.94. The molecule has 0 spiro atoms. The van der Waals surface area contributed by atoms with Crippen LogP contribution in [0, 0.1) is 68.1 Å². The van der Waals surface area contributed by atoms with Crippen molar-refractivity contribution in [3.8, 4) is 181 Å². The van der Waals surface area contributed by atoms with Crippen LogP contribution in [0.25, 0.3) is 134 Å². The summed E-state index contributed by atoms with van der Waals surface area (Å²) in [7, 11) is 8.21. The highest BCUT2D eigenvalue weighted by Gasteiger charge is 2.14. The van der Waals surface area contributed by atoms with Crippen molar-refractivity contribution in [2.45, 2.75) is 48.5 Å². The van der Waals surface area contributed by atoms with Crippen molar-refractivity contribution in [1.82, 2.24) is 0 Å². The topological polar surface area (TPSA) is 15.5 Å². The molecule has 16 aromatic rings. The number of rotatable bonds is 12. The summed E-state index contributed by atoms with van der Waals surface area (Å²) in [6.45, 7) is 13.9. The second kappa shape index (κ2) is 37.9. The molecule has 4 heteroatoms. The molecule has 554 valence electrons. The summed E-state index contributed by atoms with van der Waals surface area (Å²) in [6.07, 6.45) is 16.8. The van der Waals surface area contributed by atoms with Gasteiger partial charge in [-0.1, -0.05) is 200 Å². The Balaban J connectivity index is 0.000000134. The van der Waals surface area contributed by atoms with Crippen molar-refractivity contribution in [1.29, 1.82) is 0 Å². The molecule has 0 N–H and O–H groups in total. The summed E-state index contributed by atoms with van der Waals surface area (Å²) in [5.74, 6) is 24.6. The van der Waals surface area contributed by atoms with Gasteiger partial charge in [-0.05, 0) is 298 Å². The first kappa shape index (κ1) is 78.6. The van der Waals surface area contributed by atoms with Gasteiger partial charge in [0.05, 0.1) is 0 Å². The number of aryl methyl sites for hydroxylation is 7. The van der Waals surface area contributed by atoms with Gasteiger partial charge >= 0.3 is 0 Å². The minimum absolute atomic E-state index is 1.05. The number of pyridine rings is 4. The summed E-state index contributed by atoms with van der Waals surface area (Å²) >= 11 is 0. The highest BCUT2D eigenvalue weighted by molar-refractivity contribution is 5.83. The molecule has 12 aromatic carbocycles. The number of nitrogens with zero attached hydrogens (tertiary/aromatic N) is 4. The van der Waals surface area contributed by atoms with E-state index in [1.165, 1.54) is 150 Å². The van der Waals surface area contributed by atoms with Gasteiger partial charge in [0.1, 0.15) is 28.2 Å². The standard InChI is InChI=1S/3C28H24N.C27H22N/c1-4-8-22-15-21(2)16-28(17-22)26-12-6-10-24(19-26)23-9-5-11-25(18-23)27-13-7-14-29(3)20-27;1-4-8-22-9-5-10-23(17-22)27-15-21(2)16-28(19-27)25-12-6-11-24(18-25)26-13-7-14-29(3)20-26;1-4-8-22-9-5-10-23(17-22)24-11-6-12-25(18-24)27-15-21(2)16-28(19-27)26-13-7-14-29(3)20-26;1-3-8-21-9-4-10-22(17-21)23-11-5-12-24(18-23)25-13-6-14-26(19-25)27-15-7-16-28(2)20-27/h3*5-7,9-20H,1-3H3;4-7,9-20H,1-2H3/q4*+1. The predicted molar refractivity (Wildman–Crippen MR) is 480 cm³/mol. The second-order valence-corrected chi connectivity index (χ2v) is 29.0. The van der Waals surface area contributed by atoms with Gasteiger partial charge in [-0.3, -0.25) is 0 Å². The van der Waals surface area contributed by atoms with E-state index in [0.717, 1.165) is 22.3 Å². The monoisotopic (exact) mass is 1480 g/mol. The average Bonchev–Trinajstić information content (AvgIpc) is 0.825. The summed E-state index contributed by atoms with van der Waals surface area (Å²) in [4.78, 5) is 0. The fourth-order valence-electron chi connectivity index (χ4n) is 14.5. The highest BCUT2D eigenvalue weighted by atomic mass is 14.9. The van der Waals surface area contributed by atoms with Gasteiger partial charge in [0.15, 0.2) is 49.6 Å². The van der Waals surface area contributed by atoms with Crippen molar-refractivity contribution in [3.05, 3.63) is 410 Å². The Kier molecular flexibility index (Phi) is 25.9. The van der Waals surface area contributed by atoms with Crippen molar-refractivity contribution >= 4 is 0 Å². The van der Waals surface area contributed by atoms with Crippen LogP contribution in [-0.2, 0) is 28.2 Å². The van der Waals surface area contributed by atoms with Gasteiger partial charge in [-0.2, -0.15) is 0 Å². The smallest absolute Gasteiger partial charge is 0.176 e. The van der Waals surface area contributed by atoms with E-state index in [1.807, 2.05) is 47.0 Å².